The molecule has 0 aromatic carbocycles. The number of nitrogens with zero attached hydrogens (tertiary/aromatic N) is 1. The van der Waals surface area contributed by atoms with Crippen LogP contribution in [0.25, 0.3) is 0 Å². The molecule has 0 saturated carbocycles. The fourth-order valence-corrected chi connectivity index (χ4v) is 12.1. The SMILES string of the molecule is CCCCCCCCCC/C=C\CCCCCCCCCCCCCCCCCC(=O)OC(COC(=O)CCCCCCCCCCCCCCCCCCCCCCCCCCCCCCCCCC)COP(=O)([O-])OCC[N+](C)(C)C. The van der Waals surface area contributed by atoms with Crippen molar-refractivity contribution >= 4 is 19.8 Å². The second-order valence-electron chi connectivity index (χ2n) is 26.7. The average molecular weight is 1190 g/mol. The maximum atomic E-state index is 12.9. The third kappa shape index (κ3) is 69.7. The Morgan fingerprint density at radius 1 is 0.361 bits per heavy atom. The van der Waals surface area contributed by atoms with Gasteiger partial charge in [0.25, 0.3) is 7.82 Å². The normalized spacial score (nSPS) is 13.1. The number of unbranched alkanes of at least 4 members (excludes halogenated alkanes) is 54. The van der Waals surface area contributed by atoms with Crippen molar-refractivity contribution in [2.75, 3.05) is 47.5 Å². The van der Waals surface area contributed by atoms with Gasteiger partial charge in [-0.05, 0) is 38.5 Å². The van der Waals surface area contributed by atoms with Gasteiger partial charge in [0.1, 0.15) is 19.8 Å². The van der Waals surface area contributed by atoms with Crippen molar-refractivity contribution < 1.29 is 42.1 Å². The number of rotatable bonds is 70. The number of carbonyl (C=O) groups excluding carboxylic acids is 2. The molecule has 83 heavy (non-hydrogen) atoms. The second-order valence-corrected chi connectivity index (χ2v) is 28.1. The lowest BCUT2D eigenvalue weighted by atomic mass is 10.0. The van der Waals surface area contributed by atoms with E-state index in [9.17, 15) is 19.0 Å². The molecule has 0 heterocycles. The Labute approximate surface area is 517 Å². The molecule has 9 nitrogen and oxygen atoms in total. The summed E-state index contributed by atoms with van der Waals surface area (Å²) in [6.07, 6.45) is 80.3. The number of quaternary nitrogens is 1. The van der Waals surface area contributed by atoms with E-state index < -0.39 is 26.5 Å². The van der Waals surface area contributed by atoms with Crippen LogP contribution in [0.15, 0.2) is 12.2 Å². The van der Waals surface area contributed by atoms with E-state index in [1.54, 1.807) is 0 Å². The summed E-state index contributed by atoms with van der Waals surface area (Å²) >= 11 is 0. The molecule has 0 bridgehead atoms. The highest BCUT2D eigenvalue weighted by Gasteiger charge is 2.22. The molecule has 0 rings (SSSR count). The van der Waals surface area contributed by atoms with Crippen LogP contribution in [0.2, 0.25) is 0 Å². The van der Waals surface area contributed by atoms with Gasteiger partial charge in [-0.15, -0.1) is 0 Å². The average Bonchev–Trinajstić information content (AvgIpc) is 3.49. The lowest BCUT2D eigenvalue weighted by Crippen LogP contribution is -2.37. The molecule has 0 aromatic rings. The zero-order chi connectivity index (χ0) is 60.5. The summed E-state index contributed by atoms with van der Waals surface area (Å²) in [4.78, 5) is 38.1. The van der Waals surface area contributed by atoms with Crippen LogP contribution in [0, 0.1) is 0 Å². The molecule has 0 N–H and O–H groups in total. The second kappa shape index (κ2) is 65.2. The first-order chi connectivity index (χ1) is 40.5. The zero-order valence-electron chi connectivity index (χ0n) is 56.4. The number of ether oxygens (including phenoxy) is 2. The maximum absolute atomic E-state index is 12.9. The van der Waals surface area contributed by atoms with Gasteiger partial charge < -0.3 is 27.9 Å². The van der Waals surface area contributed by atoms with Gasteiger partial charge in [0, 0.05) is 12.8 Å². The van der Waals surface area contributed by atoms with Crippen molar-refractivity contribution in [3.63, 3.8) is 0 Å². The van der Waals surface area contributed by atoms with Crippen LogP contribution in [0.1, 0.15) is 393 Å². The van der Waals surface area contributed by atoms with Gasteiger partial charge in [0.2, 0.25) is 0 Å². The molecule has 0 amide bonds. The first kappa shape index (κ1) is 81.8. The van der Waals surface area contributed by atoms with Crippen molar-refractivity contribution in [2.45, 2.75) is 399 Å². The number of hydrogen-bond acceptors (Lipinski definition) is 8. The van der Waals surface area contributed by atoms with Gasteiger partial charge in [-0.2, -0.15) is 0 Å². The van der Waals surface area contributed by atoms with Crippen molar-refractivity contribution in [3.8, 4) is 0 Å². The number of carbonyl (C=O) groups is 2. The molecule has 10 heteroatoms. The molecule has 0 saturated heterocycles. The number of phosphoric acid groups is 1. The molecule has 0 aliphatic rings. The van der Waals surface area contributed by atoms with Crippen LogP contribution in [-0.2, 0) is 32.7 Å². The lowest BCUT2D eigenvalue weighted by molar-refractivity contribution is -0.870. The quantitative estimate of drug-likeness (QED) is 0.0195. The minimum Gasteiger partial charge on any atom is -0.756 e. The van der Waals surface area contributed by atoms with Crippen LogP contribution < -0.4 is 4.89 Å². The smallest absolute Gasteiger partial charge is 0.306 e. The van der Waals surface area contributed by atoms with Gasteiger partial charge in [0.15, 0.2) is 6.10 Å². The number of phosphoric ester groups is 1. The Balaban J connectivity index is 3.94. The topological polar surface area (TPSA) is 111 Å². The molecule has 0 aliphatic carbocycles. The third-order valence-corrected chi connectivity index (χ3v) is 18.0. The summed E-state index contributed by atoms with van der Waals surface area (Å²) in [5.41, 5.74) is 0. The van der Waals surface area contributed by atoms with Crippen molar-refractivity contribution in [2.24, 2.45) is 0 Å². The first-order valence-electron chi connectivity index (χ1n) is 36.9. The molecule has 0 aromatic heterocycles. The van der Waals surface area contributed by atoms with E-state index in [4.69, 9.17) is 18.5 Å². The predicted molar refractivity (Wildman–Crippen MR) is 356 cm³/mol. The molecule has 0 spiro atoms. The van der Waals surface area contributed by atoms with E-state index in [1.165, 1.54) is 327 Å². The number of likely N-dealkylation sites (N-methyl/N-ethyl adjacent to an activating group) is 1. The maximum Gasteiger partial charge on any atom is 0.306 e. The van der Waals surface area contributed by atoms with Crippen LogP contribution in [-0.4, -0.2) is 70.0 Å². The van der Waals surface area contributed by atoms with Crippen molar-refractivity contribution in [1.82, 2.24) is 0 Å². The number of allylic oxidation sites excluding steroid dienone is 2. The molecule has 0 radical (unpaired) electrons. The number of hydrogen-bond donors (Lipinski definition) is 0. The van der Waals surface area contributed by atoms with Gasteiger partial charge in [-0.25, -0.2) is 0 Å². The Morgan fingerprint density at radius 3 is 0.892 bits per heavy atom. The Bertz CT molecular complexity index is 1400. The Morgan fingerprint density at radius 2 is 0.614 bits per heavy atom. The van der Waals surface area contributed by atoms with Crippen molar-refractivity contribution in [1.29, 1.82) is 0 Å². The van der Waals surface area contributed by atoms with Gasteiger partial charge in [-0.1, -0.05) is 353 Å². The fourth-order valence-electron chi connectivity index (χ4n) is 11.4. The molecule has 0 fully saturated rings. The molecule has 494 valence electrons. The predicted octanol–water partition coefficient (Wildman–Crippen LogP) is 23.3. The summed E-state index contributed by atoms with van der Waals surface area (Å²) in [5.74, 6) is -0.806. The molecule has 2 unspecified atom stereocenters. The van der Waals surface area contributed by atoms with Gasteiger partial charge >= 0.3 is 11.9 Å². The Hall–Kier alpha value is -1.25. The van der Waals surface area contributed by atoms with Gasteiger partial charge in [-0.3, -0.25) is 14.2 Å². The minimum absolute atomic E-state index is 0.0262. The minimum atomic E-state index is -4.64. The highest BCUT2D eigenvalue weighted by atomic mass is 31.2. The summed E-state index contributed by atoms with van der Waals surface area (Å²) in [6.45, 7) is 4.33. The van der Waals surface area contributed by atoms with Crippen molar-refractivity contribution in [3.05, 3.63) is 12.2 Å². The Kier molecular flexibility index (Phi) is 64.2. The van der Waals surface area contributed by atoms with E-state index >= 15 is 0 Å². The summed E-state index contributed by atoms with van der Waals surface area (Å²) in [6, 6.07) is 0. The largest absolute Gasteiger partial charge is 0.756 e. The van der Waals surface area contributed by atoms with Gasteiger partial charge in [0.05, 0.1) is 27.7 Å². The fraction of sp³-hybridized carbons (Fsp3) is 0.945. The van der Waals surface area contributed by atoms with Crippen LogP contribution >= 0.6 is 7.82 Å². The van der Waals surface area contributed by atoms with Crippen LogP contribution in [0.4, 0.5) is 0 Å². The summed E-state index contributed by atoms with van der Waals surface area (Å²) in [7, 11) is 1.19. The highest BCUT2D eigenvalue weighted by Crippen LogP contribution is 2.38. The number of esters is 2. The summed E-state index contributed by atoms with van der Waals surface area (Å²) < 4.78 is 34.4. The molecule has 0 aliphatic heterocycles. The summed E-state index contributed by atoms with van der Waals surface area (Å²) in [5, 5.41) is 0. The van der Waals surface area contributed by atoms with E-state index in [-0.39, 0.29) is 32.0 Å². The molecular weight excluding hydrogens is 1050 g/mol. The first-order valence-corrected chi connectivity index (χ1v) is 38.4. The van der Waals surface area contributed by atoms with E-state index in [0.717, 1.165) is 32.1 Å². The highest BCUT2D eigenvalue weighted by molar-refractivity contribution is 7.45. The lowest BCUT2D eigenvalue weighted by Gasteiger charge is -2.28. The third-order valence-electron chi connectivity index (χ3n) is 17.0. The molecule has 2 atom stereocenters. The van der Waals surface area contributed by atoms with Crippen LogP contribution in [0.3, 0.4) is 0 Å². The van der Waals surface area contributed by atoms with E-state index in [1.807, 2.05) is 21.1 Å². The van der Waals surface area contributed by atoms with E-state index in [2.05, 4.69) is 26.0 Å². The zero-order valence-corrected chi connectivity index (χ0v) is 57.3. The standard InChI is InChI=1S/C73H144NO8P/c1-6-8-10-12-14-16-18-20-22-24-26-28-30-32-34-35-36-37-38-40-41-43-45-47-49-51-53-55-57-59-61-63-65-72(75)79-69-71(70-81-83(77,78)80-68-67-74(3,4)5)82-73(76)66-64-62-60-58-56-54-52-50-48-46-44-42-39-33-31-29-27-25-23-21-19-17-15-13-11-9-7-2/h25,27,71H,6-24,26,28-70H2,1-5H3/b27-25-. The van der Waals surface area contributed by atoms with Crippen LogP contribution in [0.5, 0.6) is 0 Å². The molecular formula is C73H144NO8P. The van der Waals surface area contributed by atoms with E-state index in [0.29, 0.717) is 17.4 Å². The monoisotopic (exact) mass is 1190 g/mol.